The number of benzene rings is 2. The van der Waals surface area contributed by atoms with Crippen molar-refractivity contribution in [2.75, 3.05) is 13.1 Å². The normalized spacial score (nSPS) is 16.7. The molecular weight excluding hydrogens is 479 g/mol. The molecule has 1 saturated heterocycles. The Labute approximate surface area is 204 Å². The number of carboxylic acid groups (broad SMARTS) is 1. The number of H-pyrrole nitrogens is 1. The van der Waals surface area contributed by atoms with Gasteiger partial charge in [0.25, 0.3) is 5.91 Å². The third-order valence-corrected chi connectivity index (χ3v) is 6.60. The molecular formula is C25H24F3N3O5. The molecule has 36 heavy (non-hydrogen) atoms. The number of hydrogen-bond donors (Lipinski definition) is 2. The summed E-state index contributed by atoms with van der Waals surface area (Å²) >= 11 is 0. The molecule has 5 rings (SSSR count). The highest BCUT2D eigenvalue weighted by atomic mass is 19.4. The molecule has 0 radical (unpaired) electrons. The number of ether oxygens (including phenoxy) is 1. The number of carbonyl (C=O) groups is 3. The number of aryl methyl sites for hydroxylation is 2. The minimum atomic E-state index is -5.08. The second kappa shape index (κ2) is 9.29. The number of rotatable bonds is 1. The molecule has 190 valence electrons. The Morgan fingerprint density at radius 3 is 2.39 bits per heavy atom. The van der Waals surface area contributed by atoms with Crippen LogP contribution in [0.15, 0.2) is 36.5 Å². The second-order valence-electron chi connectivity index (χ2n) is 9.08. The third-order valence-electron chi connectivity index (χ3n) is 6.60. The number of aliphatic carboxylic acids is 1. The van der Waals surface area contributed by atoms with Crippen LogP contribution >= 0.6 is 0 Å². The fraction of sp³-hybridized carbons (Fsp3) is 0.360. The summed E-state index contributed by atoms with van der Waals surface area (Å²) in [7, 11) is 0. The quantitative estimate of drug-likeness (QED) is 0.507. The lowest BCUT2D eigenvalue weighted by Gasteiger charge is -2.44. The largest absolute Gasteiger partial charge is 0.490 e. The van der Waals surface area contributed by atoms with E-state index >= 15 is 0 Å². The molecule has 1 aromatic heterocycles. The van der Waals surface area contributed by atoms with E-state index in [1.807, 2.05) is 49.1 Å². The van der Waals surface area contributed by atoms with E-state index in [1.165, 1.54) is 0 Å². The molecule has 1 amide bonds. The van der Waals surface area contributed by atoms with E-state index in [0.717, 1.165) is 22.0 Å². The summed E-state index contributed by atoms with van der Waals surface area (Å²) in [6, 6.07) is 9.50. The van der Waals surface area contributed by atoms with Gasteiger partial charge in [-0.2, -0.15) is 18.3 Å². The number of alkyl halides is 3. The molecule has 2 aromatic carbocycles. The van der Waals surface area contributed by atoms with Gasteiger partial charge in [0, 0.05) is 36.9 Å². The van der Waals surface area contributed by atoms with Gasteiger partial charge in [-0.3, -0.25) is 14.7 Å². The average molecular weight is 503 g/mol. The zero-order valence-electron chi connectivity index (χ0n) is 19.6. The predicted octanol–water partition coefficient (Wildman–Crippen LogP) is 4.45. The molecule has 0 saturated carbocycles. The number of nitrogens with one attached hydrogen (secondary N) is 1. The van der Waals surface area contributed by atoms with Crippen LogP contribution in [0, 0.1) is 13.8 Å². The molecule has 3 heterocycles. The number of piperidine rings is 1. The predicted molar refractivity (Wildman–Crippen MR) is 123 cm³/mol. The van der Waals surface area contributed by atoms with Crippen LogP contribution in [0.5, 0.6) is 5.75 Å². The highest BCUT2D eigenvalue weighted by Gasteiger charge is 2.44. The Hall–Kier alpha value is -3.89. The molecule has 2 aliphatic rings. The minimum absolute atomic E-state index is 0.00496. The number of Topliss-reactive ketones (excluding diaryl/α,β-unsaturated/α-hetero) is 1. The lowest BCUT2D eigenvalue weighted by molar-refractivity contribution is -0.192. The molecule has 0 aliphatic carbocycles. The van der Waals surface area contributed by atoms with Crippen molar-refractivity contribution in [1.82, 2.24) is 15.1 Å². The highest BCUT2D eigenvalue weighted by molar-refractivity contribution is 6.01. The smallest absolute Gasteiger partial charge is 0.486 e. The van der Waals surface area contributed by atoms with Crippen molar-refractivity contribution in [3.8, 4) is 5.75 Å². The van der Waals surface area contributed by atoms with Crippen LogP contribution in [-0.2, 0) is 4.79 Å². The van der Waals surface area contributed by atoms with Crippen LogP contribution in [-0.4, -0.2) is 62.7 Å². The Bertz CT molecular complexity index is 1340. The number of likely N-dealkylation sites (tertiary alicyclic amines) is 1. The van der Waals surface area contributed by atoms with E-state index in [2.05, 4.69) is 10.2 Å². The number of carbonyl (C=O) groups excluding carboxylic acids is 2. The van der Waals surface area contributed by atoms with Crippen LogP contribution in [0.25, 0.3) is 10.9 Å². The van der Waals surface area contributed by atoms with Crippen molar-refractivity contribution in [3.05, 3.63) is 58.8 Å². The Kier molecular flexibility index (Phi) is 6.50. The number of fused-ring (bicyclic) bond motifs is 2. The third kappa shape index (κ3) is 5.05. The summed E-state index contributed by atoms with van der Waals surface area (Å²) in [4.78, 5) is 36.5. The van der Waals surface area contributed by atoms with Crippen LogP contribution in [0.2, 0.25) is 0 Å². The number of hydrogen-bond acceptors (Lipinski definition) is 5. The van der Waals surface area contributed by atoms with E-state index in [1.54, 1.807) is 6.20 Å². The summed E-state index contributed by atoms with van der Waals surface area (Å²) in [5.74, 6) is -1.93. The van der Waals surface area contributed by atoms with Gasteiger partial charge in [0.1, 0.15) is 11.4 Å². The maximum Gasteiger partial charge on any atom is 0.490 e. The highest BCUT2D eigenvalue weighted by Crippen LogP contribution is 2.40. The number of ketones is 1. The maximum atomic E-state index is 13.0. The van der Waals surface area contributed by atoms with Crippen LogP contribution < -0.4 is 4.74 Å². The first kappa shape index (κ1) is 25.2. The standard InChI is InChI=1S/C23H23N3O3.C2HF3O2/c1-14-9-18-20(27)12-23(29-21(18)10-15(14)2)5-7-26(8-6-23)22(28)16-3-4-17-13-24-25-19(17)11-16;3-2(4,5)1(6)7/h3-4,9-11,13H,5-8,12H2,1-2H3,(H,24,25);(H,6,7). The molecule has 8 nitrogen and oxygen atoms in total. The summed E-state index contributed by atoms with van der Waals surface area (Å²) < 4.78 is 38.1. The fourth-order valence-corrected chi connectivity index (χ4v) is 4.40. The van der Waals surface area contributed by atoms with E-state index in [0.29, 0.717) is 49.2 Å². The molecule has 1 fully saturated rings. The molecule has 2 aliphatic heterocycles. The van der Waals surface area contributed by atoms with Crippen molar-refractivity contribution in [1.29, 1.82) is 0 Å². The summed E-state index contributed by atoms with van der Waals surface area (Å²) in [5, 5.41) is 15.0. The molecule has 0 bridgehead atoms. The van der Waals surface area contributed by atoms with E-state index in [4.69, 9.17) is 14.6 Å². The minimum Gasteiger partial charge on any atom is -0.486 e. The van der Waals surface area contributed by atoms with Gasteiger partial charge in [0.15, 0.2) is 5.78 Å². The zero-order chi connectivity index (χ0) is 26.3. The first-order chi connectivity index (χ1) is 16.9. The Morgan fingerprint density at radius 1 is 1.11 bits per heavy atom. The SMILES string of the molecule is Cc1cc2c(cc1C)C(=O)CC1(CCN(C(=O)c3ccc4cn[nH]c4c3)CC1)O2.O=C(O)C(F)(F)F. The topological polar surface area (TPSA) is 113 Å². The van der Waals surface area contributed by atoms with Gasteiger partial charge < -0.3 is 14.7 Å². The van der Waals surface area contributed by atoms with Gasteiger partial charge in [0.05, 0.1) is 23.7 Å². The Balaban J connectivity index is 0.000000384. The molecule has 1 spiro atoms. The van der Waals surface area contributed by atoms with Gasteiger partial charge in [0.2, 0.25) is 0 Å². The number of nitrogens with zero attached hydrogens (tertiary/aromatic N) is 2. The fourth-order valence-electron chi connectivity index (χ4n) is 4.40. The number of aromatic nitrogens is 2. The van der Waals surface area contributed by atoms with Crippen molar-refractivity contribution in [2.45, 2.75) is 44.9 Å². The van der Waals surface area contributed by atoms with E-state index in [-0.39, 0.29) is 11.7 Å². The summed E-state index contributed by atoms with van der Waals surface area (Å²) in [5.41, 5.74) is 3.91. The van der Waals surface area contributed by atoms with Crippen molar-refractivity contribution < 1.29 is 37.4 Å². The lowest BCUT2D eigenvalue weighted by Crippen LogP contribution is -2.52. The molecule has 0 atom stereocenters. The Morgan fingerprint density at radius 2 is 1.75 bits per heavy atom. The molecule has 0 unspecified atom stereocenters. The number of carboxylic acids is 1. The van der Waals surface area contributed by atoms with Crippen LogP contribution in [0.1, 0.15) is 51.1 Å². The molecule has 11 heteroatoms. The summed E-state index contributed by atoms with van der Waals surface area (Å²) in [6.45, 7) is 5.20. The average Bonchev–Trinajstić information content (AvgIpc) is 3.28. The van der Waals surface area contributed by atoms with E-state index in [9.17, 15) is 22.8 Å². The van der Waals surface area contributed by atoms with Gasteiger partial charge in [-0.25, -0.2) is 4.79 Å². The van der Waals surface area contributed by atoms with Gasteiger partial charge in [-0.15, -0.1) is 0 Å². The zero-order valence-corrected chi connectivity index (χ0v) is 19.6. The van der Waals surface area contributed by atoms with Crippen LogP contribution in [0.4, 0.5) is 13.2 Å². The number of amides is 1. The lowest BCUT2D eigenvalue weighted by atomic mass is 9.81. The van der Waals surface area contributed by atoms with Gasteiger partial charge in [-0.05, 0) is 49.2 Å². The van der Waals surface area contributed by atoms with Crippen molar-refractivity contribution in [2.24, 2.45) is 0 Å². The summed E-state index contributed by atoms with van der Waals surface area (Å²) in [6.07, 6.45) is -1.65. The van der Waals surface area contributed by atoms with E-state index < -0.39 is 17.7 Å². The maximum absolute atomic E-state index is 13.0. The number of aromatic amines is 1. The first-order valence-corrected chi connectivity index (χ1v) is 11.2. The van der Waals surface area contributed by atoms with Crippen molar-refractivity contribution >= 4 is 28.6 Å². The first-order valence-electron chi connectivity index (χ1n) is 11.2. The van der Waals surface area contributed by atoms with Crippen LogP contribution in [0.3, 0.4) is 0 Å². The van der Waals surface area contributed by atoms with Gasteiger partial charge >= 0.3 is 12.1 Å². The number of halogens is 3. The monoisotopic (exact) mass is 503 g/mol. The molecule has 2 N–H and O–H groups in total. The molecule has 3 aromatic rings. The van der Waals surface area contributed by atoms with Crippen molar-refractivity contribution in [3.63, 3.8) is 0 Å². The van der Waals surface area contributed by atoms with Gasteiger partial charge in [-0.1, -0.05) is 6.07 Å². The second-order valence-corrected chi connectivity index (χ2v) is 9.08.